The fraction of sp³-hybridized carbons (Fsp3) is 0.250. The van der Waals surface area contributed by atoms with Crippen LogP contribution in [-0.4, -0.2) is 22.6 Å². The third kappa shape index (κ3) is 3.56. The molecule has 1 aromatic heterocycles. The van der Waals surface area contributed by atoms with Gasteiger partial charge in [0.25, 0.3) is 5.69 Å². The van der Waals surface area contributed by atoms with Crippen LogP contribution in [0.1, 0.15) is 6.42 Å². The molecule has 0 radical (unpaired) electrons. The van der Waals surface area contributed by atoms with E-state index in [1.807, 2.05) is 0 Å². The molecular weight excluding hydrogens is 275 g/mol. The number of nitrogens with one attached hydrogen (secondary N) is 1. The number of anilines is 1. The summed E-state index contributed by atoms with van der Waals surface area (Å²) in [6, 6.07) is 7.19. The number of benzene rings is 1. The van der Waals surface area contributed by atoms with Gasteiger partial charge in [-0.05, 0) is 18.2 Å². The van der Waals surface area contributed by atoms with E-state index in [1.54, 1.807) is 6.07 Å². The van der Waals surface area contributed by atoms with Gasteiger partial charge in [-0.1, -0.05) is 0 Å². The number of hydrogen-bond acceptors (Lipinski definition) is 4. The molecule has 0 saturated carbocycles. The van der Waals surface area contributed by atoms with Crippen molar-refractivity contribution in [2.24, 2.45) is 0 Å². The molecule has 1 heterocycles. The summed E-state index contributed by atoms with van der Waals surface area (Å²) < 4.78 is 36.0. The van der Waals surface area contributed by atoms with Gasteiger partial charge in [0.2, 0.25) is 0 Å². The topological polar surface area (TPSA) is 68.1 Å². The number of nitrogens with zero attached hydrogens (tertiary/aromatic N) is 2. The van der Waals surface area contributed by atoms with Crippen molar-refractivity contribution in [2.75, 3.05) is 11.9 Å². The van der Waals surface area contributed by atoms with E-state index >= 15 is 0 Å². The van der Waals surface area contributed by atoms with E-state index in [0.717, 1.165) is 0 Å². The zero-order valence-corrected chi connectivity index (χ0v) is 10.1. The van der Waals surface area contributed by atoms with E-state index in [9.17, 15) is 23.3 Å². The molecule has 1 N–H and O–H groups in total. The second-order valence-corrected chi connectivity index (χ2v) is 4.12. The van der Waals surface area contributed by atoms with Crippen LogP contribution in [0.5, 0.6) is 0 Å². The number of nitro groups is 1. The SMILES string of the molecule is O=[N+]([O-])c1ccc2nc(NCCC(F)(F)F)ccc2c1. The van der Waals surface area contributed by atoms with Crippen LogP contribution >= 0.6 is 0 Å². The molecular formula is C12H10F3N3O2. The first kappa shape index (κ1) is 14.0. The average Bonchev–Trinajstić information content (AvgIpc) is 2.36. The summed E-state index contributed by atoms with van der Waals surface area (Å²) in [5.74, 6) is 0.301. The van der Waals surface area contributed by atoms with Crippen molar-refractivity contribution < 1.29 is 18.1 Å². The molecule has 2 rings (SSSR count). The van der Waals surface area contributed by atoms with Crippen LogP contribution in [0.2, 0.25) is 0 Å². The minimum absolute atomic E-state index is 0.0583. The van der Waals surface area contributed by atoms with Crippen molar-refractivity contribution >= 4 is 22.4 Å². The normalized spacial score (nSPS) is 11.6. The molecule has 0 aliphatic rings. The van der Waals surface area contributed by atoms with Gasteiger partial charge in [0.05, 0.1) is 16.9 Å². The third-order valence-corrected chi connectivity index (χ3v) is 2.60. The molecule has 20 heavy (non-hydrogen) atoms. The highest BCUT2D eigenvalue weighted by molar-refractivity contribution is 5.82. The van der Waals surface area contributed by atoms with E-state index < -0.39 is 17.5 Å². The Hall–Kier alpha value is -2.38. The summed E-state index contributed by atoms with van der Waals surface area (Å²) in [5.41, 5.74) is 0.421. The van der Waals surface area contributed by atoms with Gasteiger partial charge < -0.3 is 5.32 Å². The molecule has 0 unspecified atom stereocenters. The van der Waals surface area contributed by atoms with E-state index in [2.05, 4.69) is 10.3 Å². The average molecular weight is 285 g/mol. The fourth-order valence-corrected chi connectivity index (χ4v) is 1.66. The van der Waals surface area contributed by atoms with Gasteiger partial charge in [-0.3, -0.25) is 10.1 Å². The maximum Gasteiger partial charge on any atom is 0.390 e. The van der Waals surface area contributed by atoms with Crippen molar-refractivity contribution in [3.8, 4) is 0 Å². The Kier molecular flexibility index (Phi) is 3.73. The van der Waals surface area contributed by atoms with Crippen LogP contribution < -0.4 is 5.32 Å². The van der Waals surface area contributed by atoms with Gasteiger partial charge in [0.15, 0.2) is 0 Å². The zero-order valence-electron chi connectivity index (χ0n) is 10.1. The summed E-state index contributed by atoms with van der Waals surface area (Å²) in [6.07, 6.45) is -5.17. The van der Waals surface area contributed by atoms with Crippen molar-refractivity contribution in [1.29, 1.82) is 0 Å². The lowest BCUT2D eigenvalue weighted by Gasteiger charge is -2.08. The predicted molar refractivity (Wildman–Crippen MR) is 67.6 cm³/mol. The number of nitro benzene ring substituents is 1. The number of rotatable bonds is 4. The Labute approximate surface area is 111 Å². The highest BCUT2D eigenvalue weighted by Gasteiger charge is 2.26. The minimum Gasteiger partial charge on any atom is -0.370 e. The molecule has 0 bridgehead atoms. The molecule has 5 nitrogen and oxygen atoms in total. The highest BCUT2D eigenvalue weighted by atomic mass is 19.4. The van der Waals surface area contributed by atoms with E-state index in [4.69, 9.17) is 0 Å². The van der Waals surface area contributed by atoms with Gasteiger partial charge in [-0.2, -0.15) is 13.2 Å². The lowest BCUT2D eigenvalue weighted by atomic mass is 10.2. The summed E-state index contributed by atoms with van der Waals surface area (Å²) in [6.45, 7) is -0.269. The zero-order chi connectivity index (χ0) is 14.8. The fourth-order valence-electron chi connectivity index (χ4n) is 1.66. The molecule has 0 aliphatic carbocycles. The Morgan fingerprint density at radius 3 is 2.65 bits per heavy atom. The first-order valence-corrected chi connectivity index (χ1v) is 5.71. The summed E-state index contributed by atoms with van der Waals surface area (Å²) in [5, 5.41) is 13.7. The Balaban J connectivity index is 2.14. The Morgan fingerprint density at radius 1 is 1.25 bits per heavy atom. The van der Waals surface area contributed by atoms with Crippen molar-refractivity contribution in [1.82, 2.24) is 4.98 Å². The monoisotopic (exact) mass is 285 g/mol. The van der Waals surface area contributed by atoms with Crippen LogP contribution in [0.25, 0.3) is 10.9 Å². The lowest BCUT2D eigenvalue weighted by molar-refractivity contribution is -0.384. The number of pyridine rings is 1. The van der Waals surface area contributed by atoms with E-state index in [1.165, 1.54) is 24.3 Å². The number of alkyl halides is 3. The number of fused-ring (bicyclic) bond motifs is 1. The van der Waals surface area contributed by atoms with Gasteiger partial charge in [0, 0.05) is 24.1 Å². The summed E-state index contributed by atoms with van der Waals surface area (Å²) >= 11 is 0. The second kappa shape index (κ2) is 5.32. The Bertz CT molecular complexity index is 643. The van der Waals surface area contributed by atoms with E-state index in [-0.39, 0.29) is 12.2 Å². The van der Waals surface area contributed by atoms with Gasteiger partial charge in [-0.25, -0.2) is 4.98 Å². The van der Waals surface area contributed by atoms with Gasteiger partial charge >= 0.3 is 6.18 Å². The first-order chi connectivity index (χ1) is 9.35. The molecule has 106 valence electrons. The molecule has 0 fully saturated rings. The van der Waals surface area contributed by atoms with Gasteiger partial charge in [-0.15, -0.1) is 0 Å². The first-order valence-electron chi connectivity index (χ1n) is 5.71. The standard InChI is InChI=1S/C12H10F3N3O2/c13-12(14,15)5-6-16-11-4-1-8-7-9(18(19)20)2-3-10(8)17-11/h1-4,7H,5-6H2,(H,16,17). The van der Waals surface area contributed by atoms with Crippen LogP contribution in [0, 0.1) is 10.1 Å². The second-order valence-electron chi connectivity index (χ2n) is 4.12. The Morgan fingerprint density at radius 2 is 2.00 bits per heavy atom. The van der Waals surface area contributed by atoms with Crippen molar-refractivity contribution in [3.05, 3.63) is 40.4 Å². The molecule has 0 saturated heterocycles. The predicted octanol–water partition coefficient (Wildman–Crippen LogP) is 3.51. The smallest absolute Gasteiger partial charge is 0.370 e. The van der Waals surface area contributed by atoms with Crippen molar-refractivity contribution in [2.45, 2.75) is 12.6 Å². The minimum atomic E-state index is -4.22. The molecule has 0 spiro atoms. The maximum absolute atomic E-state index is 12.0. The molecule has 0 aliphatic heterocycles. The number of halogens is 3. The van der Waals surface area contributed by atoms with Crippen LogP contribution in [0.15, 0.2) is 30.3 Å². The highest BCUT2D eigenvalue weighted by Crippen LogP contribution is 2.22. The third-order valence-electron chi connectivity index (χ3n) is 2.60. The van der Waals surface area contributed by atoms with E-state index in [0.29, 0.717) is 16.7 Å². The maximum atomic E-state index is 12.0. The van der Waals surface area contributed by atoms with Crippen LogP contribution in [-0.2, 0) is 0 Å². The quantitative estimate of drug-likeness (QED) is 0.689. The summed E-state index contributed by atoms with van der Waals surface area (Å²) in [4.78, 5) is 14.2. The number of aromatic nitrogens is 1. The number of non-ortho nitro benzene ring substituents is 1. The summed E-state index contributed by atoms with van der Waals surface area (Å²) in [7, 11) is 0. The largest absolute Gasteiger partial charge is 0.390 e. The van der Waals surface area contributed by atoms with Crippen molar-refractivity contribution in [3.63, 3.8) is 0 Å². The molecule has 8 heteroatoms. The lowest BCUT2D eigenvalue weighted by Crippen LogP contribution is -2.15. The molecule has 0 amide bonds. The molecule has 2 aromatic rings. The number of hydrogen-bond donors (Lipinski definition) is 1. The molecule has 1 aromatic carbocycles. The van der Waals surface area contributed by atoms with Gasteiger partial charge in [0.1, 0.15) is 5.82 Å². The van der Waals surface area contributed by atoms with Crippen LogP contribution in [0.3, 0.4) is 0 Å². The van der Waals surface area contributed by atoms with Crippen LogP contribution in [0.4, 0.5) is 24.7 Å². The molecule has 0 atom stereocenters.